The molecule has 1 N–H and O–H groups in total. The van der Waals surface area contributed by atoms with Crippen LogP contribution >= 0.6 is 0 Å². The smallest absolute Gasteiger partial charge is 0.136 e. The summed E-state index contributed by atoms with van der Waals surface area (Å²) >= 11 is 0. The molecule has 1 aliphatic carbocycles. The average molecular weight is 220 g/mol. The van der Waals surface area contributed by atoms with Crippen molar-refractivity contribution in [2.24, 2.45) is 0 Å². The van der Waals surface area contributed by atoms with E-state index in [2.05, 4.69) is 20.1 Å². The average Bonchev–Trinajstić information content (AvgIpc) is 3.01. The summed E-state index contributed by atoms with van der Waals surface area (Å²) < 4.78 is 2.33. The predicted octanol–water partition coefficient (Wildman–Crippen LogP) is 1.86. The number of nitrogens with zero attached hydrogens (tertiary/aromatic N) is 3. The van der Waals surface area contributed by atoms with E-state index in [1.807, 2.05) is 6.33 Å². The fourth-order valence-electron chi connectivity index (χ4n) is 3.06. The zero-order valence-corrected chi connectivity index (χ0v) is 9.73. The Morgan fingerprint density at radius 1 is 1.19 bits per heavy atom. The Kier molecular flexibility index (Phi) is 2.91. The second kappa shape index (κ2) is 4.53. The molecule has 0 radical (unpaired) electrons. The Morgan fingerprint density at radius 3 is 2.81 bits per heavy atom. The van der Waals surface area contributed by atoms with E-state index in [1.165, 1.54) is 44.3 Å². The molecule has 1 aromatic rings. The lowest BCUT2D eigenvalue weighted by molar-refractivity contribution is 0.400. The number of rotatable bonds is 2. The van der Waals surface area contributed by atoms with Gasteiger partial charge in [0.25, 0.3) is 0 Å². The third kappa shape index (κ3) is 1.86. The summed E-state index contributed by atoms with van der Waals surface area (Å²) in [5.74, 6) is 1.91. The lowest BCUT2D eigenvalue weighted by atomic mass is 9.88. The van der Waals surface area contributed by atoms with Crippen LogP contribution in [0.3, 0.4) is 0 Å². The molecule has 1 unspecified atom stereocenters. The molecule has 0 aromatic carbocycles. The highest BCUT2D eigenvalue weighted by atomic mass is 15.3. The van der Waals surface area contributed by atoms with Crippen LogP contribution in [0.4, 0.5) is 0 Å². The van der Waals surface area contributed by atoms with Crippen LogP contribution in [0.15, 0.2) is 6.33 Å². The lowest BCUT2D eigenvalue weighted by Crippen LogP contribution is -2.18. The van der Waals surface area contributed by atoms with Crippen LogP contribution in [0.25, 0.3) is 0 Å². The van der Waals surface area contributed by atoms with Crippen LogP contribution < -0.4 is 5.32 Å². The number of aromatic nitrogens is 3. The molecule has 88 valence electrons. The Labute approximate surface area is 96.4 Å². The summed E-state index contributed by atoms with van der Waals surface area (Å²) in [7, 11) is 0. The first-order valence-corrected chi connectivity index (χ1v) is 6.55. The van der Waals surface area contributed by atoms with E-state index in [0.717, 1.165) is 13.1 Å². The maximum Gasteiger partial charge on any atom is 0.136 e. The molecule has 1 saturated heterocycles. The predicted molar refractivity (Wildman–Crippen MR) is 62.4 cm³/mol. The van der Waals surface area contributed by atoms with Gasteiger partial charge in [0.2, 0.25) is 0 Å². The van der Waals surface area contributed by atoms with Crippen LogP contribution in [0.1, 0.15) is 56.3 Å². The van der Waals surface area contributed by atoms with Crippen molar-refractivity contribution in [3.63, 3.8) is 0 Å². The highest BCUT2D eigenvalue weighted by molar-refractivity contribution is 5.01. The second-order valence-electron chi connectivity index (χ2n) is 5.08. The Morgan fingerprint density at radius 2 is 2.06 bits per heavy atom. The molecule has 1 atom stereocenters. The van der Waals surface area contributed by atoms with Crippen molar-refractivity contribution in [2.45, 2.75) is 50.5 Å². The zero-order valence-electron chi connectivity index (χ0n) is 9.73. The van der Waals surface area contributed by atoms with Gasteiger partial charge in [-0.2, -0.15) is 0 Å². The van der Waals surface area contributed by atoms with Gasteiger partial charge in [0, 0.05) is 18.5 Å². The van der Waals surface area contributed by atoms with Gasteiger partial charge in [0.1, 0.15) is 12.2 Å². The molecule has 1 saturated carbocycles. The van der Waals surface area contributed by atoms with Crippen molar-refractivity contribution >= 4 is 0 Å². The molecule has 0 amide bonds. The van der Waals surface area contributed by atoms with Crippen LogP contribution in [0, 0.1) is 0 Å². The third-order valence-electron chi connectivity index (χ3n) is 4.00. The highest BCUT2D eigenvalue weighted by Crippen LogP contribution is 2.33. The van der Waals surface area contributed by atoms with Crippen LogP contribution in [-0.4, -0.2) is 27.9 Å². The second-order valence-corrected chi connectivity index (χ2v) is 5.08. The lowest BCUT2D eigenvalue weighted by Gasteiger charge is -2.23. The van der Waals surface area contributed by atoms with E-state index < -0.39 is 0 Å². The molecule has 1 aliphatic heterocycles. The molecule has 0 bridgehead atoms. The minimum atomic E-state index is 0.590. The van der Waals surface area contributed by atoms with Crippen LogP contribution in [-0.2, 0) is 0 Å². The molecule has 16 heavy (non-hydrogen) atoms. The summed E-state index contributed by atoms with van der Waals surface area (Å²) in [6.45, 7) is 2.21. The highest BCUT2D eigenvalue weighted by Gasteiger charge is 2.25. The summed E-state index contributed by atoms with van der Waals surface area (Å²) in [6.07, 6.45) is 9.88. The quantitative estimate of drug-likeness (QED) is 0.827. The van der Waals surface area contributed by atoms with Gasteiger partial charge in [-0.3, -0.25) is 0 Å². The molecule has 4 heteroatoms. The number of hydrogen-bond donors (Lipinski definition) is 1. The summed E-state index contributed by atoms with van der Waals surface area (Å²) in [5, 5.41) is 11.9. The number of hydrogen-bond acceptors (Lipinski definition) is 3. The molecule has 2 aliphatic rings. The van der Waals surface area contributed by atoms with E-state index in [9.17, 15) is 0 Å². The first-order valence-electron chi connectivity index (χ1n) is 6.55. The molecule has 2 heterocycles. The van der Waals surface area contributed by atoms with Gasteiger partial charge in [0.05, 0.1) is 0 Å². The van der Waals surface area contributed by atoms with Crippen LogP contribution in [0.5, 0.6) is 0 Å². The summed E-state index contributed by atoms with van der Waals surface area (Å²) in [4.78, 5) is 0. The molecular weight excluding hydrogens is 200 g/mol. The monoisotopic (exact) mass is 220 g/mol. The van der Waals surface area contributed by atoms with E-state index in [-0.39, 0.29) is 0 Å². The molecule has 0 spiro atoms. The van der Waals surface area contributed by atoms with E-state index in [1.54, 1.807) is 0 Å². The van der Waals surface area contributed by atoms with Gasteiger partial charge < -0.3 is 9.88 Å². The fraction of sp³-hybridized carbons (Fsp3) is 0.833. The van der Waals surface area contributed by atoms with Gasteiger partial charge in [0.15, 0.2) is 0 Å². The SMILES string of the molecule is c1nnc(C2CCCCC2)n1C1CCNC1. The van der Waals surface area contributed by atoms with Crippen molar-refractivity contribution in [2.75, 3.05) is 13.1 Å². The van der Waals surface area contributed by atoms with Gasteiger partial charge in [-0.1, -0.05) is 19.3 Å². The Bertz CT molecular complexity index is 335. The van der Waals surface area contributed by atoms with Crippen molar-refractivity contribution in [1.29, 1.82) is 0 Å². The van der Waals surface area contributed by atoms with Crippen molar-refractivity contribution in [1.82, 2.24) is 20.1 Å². The Balaban J connectivity index is 1.80. The largest absolute Gasteiger partial charge is 0.315 e. The minimum absolute atomic E-state index is 0.590. The van der Waals surface area contributed by atoms with Gasteiger partial charge >= 0.3 is 0 Å². The number of nitrogens with one attached hydrogen (secondary N) is 1. The zero-order chi connectivity index (χ0) is 10.8. The van der Waals surface area contributed by atoms with Crippen molar-refractivity contribution in [3.8, 4) is 0 Å². The molecular formula is C12H20N4. The van der Waals surface area contributed by atoms with Crippen molar-refractivity contribution < 1.29 is 0 Å². The van der Waals surface area contributed by atoms with Gasteiger partial charge in [-0.05, 0) is 25.8 Å². The minimum Gasteiger partial charge on any atom is -0.315 e. The molecule has 2 fully saturated rings. The fourth-order valence-corrected chi connectivity index (χ4v) is 3.06. The Hall–Kier alpha value is -0.900. The van der Waals surface area contributed by atoms with Gasteiger partial charge in [-0.25, -0.2) is 0 Å². The molecule has 4 nitrogen and oxygen atoms in total. The standard InChI is InChI=1S/C12H20N4/c1-2-4-10(5-3-1)12-15-14-9-16(12)11-6-7-13-8-11/h9-11,13H,1-8H2. The molecule has 3 rings (SSSR count). The van der Waals surface area contributed by atoms with Crippen LogP contribution in [0.2, 0.25) is 0 Å². The van der Waals surface area contributed by atoms with E-state index in [4.69, 9.17) is 0 Å². The summed E-state index contributed by atoms with van der Waals surface area (Å²) in [6, 6.07) is 0.590. The summed E-state index contributed by atoms with van der Waals surface area (Å²) in [5.41, 5.74) is 0. The van der Waals surface area contributed by atoms with Gasteiger partial charge in [-0.15, -0.1) is 10.2 Å². The first-order chi connectivity index (χ1) is 7.95. The normalized spacial score (nSPS) is 27.4. The van der Waals surface area contributed by atoms with E-state index >= 15 is 0 Å². The third-order valence-corrected chi connectivity index (χ3v) is 4.00. The van der Waals surface area contributed by atoms with Crippen molar-refractivity contribution in [3.05, 3.63) is 12.2 Å². The molecule has 1 aromatic heterocycles. The first kappa shape index (κ1) is 10.3. The maximum absolute atomic E-state index is 4.37. The maximum atomic E-state index is 4.37. The van der Waals surface area contributed by atoms with E-state index in [0.29, 0.717) is 12.0 Å². The topological polar surface area (TPSA) is 42.7 Å².